The molecule has 1 aromatic heterocycles. The Balaban J connectivity index is 2.93. The van der Waals surface area contributed by atoms with Crippen molar-refractivity contribution in [2.45, 2.75) is 0 Å². The van der Waals surface area contributed by atoms with Crippen LogP contribution in [0, 0.1) is 0 Å². The van der Waals surface area contributed by atoms with E-state index in [0.717, 1.165) is 4.70 Å². The molecule has 0 fully saturated rings. The molecule has 11 heavy (non-hydrogen) atoms. The Hall–Kier alpha value is -1.36. The molecular formula is C6H6N4S. The quantitative estimate of drug-likeness (QED) is 0.569. The summed E-state index contributed by atoms with van der Waals surface area (Å²) in [4.78, 5) is 0. The Morgan fingerprint density at radius 2 is 2.09 bits per heavy atom. The molecule has 0 unspecified atom stereocenters. The molecule has 4 nitrogen and oxygen atoms in total. The van der Waals surface area contributed by atoms with Crippen LogP contribution in [-0.4, -0.2) is 9.59 Å². The van der Waals surface area contributed by atoms with Crippen LogP contribution in [0.1, 0.15) is 0 Å². The van der Waals surface area contributed by atoms with Gasteiger partial charge in [-0.25, -0.2) is 0 Å². The minimum Gasteiger partial charge on any atom is -0.397 e. The molecule has 1 aromatic carbocycles. The summed E-state index contributed by atoms with van der Waals surface area (Å²) in [5.74, 6) is 0. The first-order valence-electron chi connectivity index (χ1n) is 3.05. The number of aromatic nitrogens is 2. The highest BCUT2D eigenvalue weighted by Gasteiger charge is 2.03. The number of benzene rings is 1. The van der Waals surface area contributed by atoms with Crippen LogP contribution < -0.4 is 11.5 Å². The van der Waals surface area contributed by atoms with Crippen LogP contribution >= 0.6 is 11.5 Å². The maximum Gasteiger partial charge on any atom is 0.130 e. The minimum absolute atomic E-state index is 0.524. The highest BCUT2D eigenvalue weighted by Crippen LogP contribution is 2.26. The third-order valence-electron chi connectivity index (χ3n) is 1.49. The highest BCUT2D eigenvalue weighted by molar-refractivity contribution is 7.13. The van der Waals surface area contributed by atoms with Crippen molar-refractivity contribution in [1.29, 1.82) is 0 Å². The number of rotatable bonds is 0. The molecule has 2 rings (SSSR count). The van der Waals surface area contributed by atoms with Crippen molar-refractivity contribution in [3.05, 3.63) is 12.1 Å². The maximum absolute atomic E-state index is 5.64. The van der Waals surface area contributed by atoms with Crippen LogP contribution in [0.5, 0.6) is 0 Å². The van der Waals surface area contributed by atoms with Gasteiger partial charge in [0.2, 0.25) is 0 Å². The molecule has 0 aliphatic carbocycles. The first-order chi connectivity index (χ1) is 5.29. The smallest absolute Gasteiger partial charge is 0.130 e. The van der Waals surface area contributed by atoms with Gasteiger partial charge < -0.3 is 11.5 Å². The lowest BCUT2D eigenvalue weighted by atomic mass is 10.2. The average Bonchev–Trinajstić information content (AvgIpc) is 2.45. The fourth-order valence-corrected chi connectivity index (χ4v) is 1.46. The summed E-state index contributed by atoms with van der Waals surface area (Å²) in [6, 6.07) is 3.63. The van der Waals surface area contributed by atoms with E-state index in [4.69, 9.17) is 11.5 Å². The summed E-state index contributed by atoms with van der Waals surface area (Å²) >= 11 is 1.31. The van der Waals surface area contributed by atoms with Gasteiger partial charge in [0.05, 0.1) is 16.1 Å². The normalized spacial score (nSPS) is 10.5. The van der Waals surface area contributed by atoms with Gasteiger partial charge in [-0.2, -0.15) is 0 Å². The monoisotopic (exact) mass is 166 g/mol. The molecule has 0 amide bonds. The lowest BCUT2D eigenvalue weighted by Gasteiger charge is -1.96. The van der Waals surface area contributed by atoms with Crippen LogP contribution in [0.15, 0.2) is 12.1 Å². The molecule has 0 saturated heterocycles. The Labute approximate surface area is 67.0 Å². The van der Waals surface area contributed by atoms with Crippen LogP contribution in [0.2, 0.25) is 0 Å². The van der Waals surface area contributed by atoms with Crippen LogP contribution in [0.4, 0.5) is 11.4 Å². The standard InChI is InChI=1S/C6H6N4S/c7-3-1-2-4-6(5(3)8)9-10-11-4/h1-2H,7-8H2. The first kappa shape index (κ1) is 6.36. The van der Waals surface area contributed by atoms with Gasteiger partial charge in [-0.15, -0.1) is 5.10 Å². The van der Waals surface area contributed by atoms with E-state index in [1.54, 1.807) is 6.07 Å². The third-order valence-corrected chi connectivity index (χ3v) is 2.18. The second kappa shape index (κ2) is 2.06. The number of hydrogen-bond acceptors (Lipinski definition) is 5. The zero-order valence-corrected chi connectivity index (χ0v) is 6.43. The van der Waals surface area contributed by atoms with Crippen molar-refractivity contribution >= 4 is 33.1 Å². The lowest BCUT2D eigenvalue weighted by Crippen LogP contribution is -1.94. The fraction of sp³-hybridized carbons (Fsp3) is 0. The second-order valence-corrected chi connectivity index (χ2v) is 2.97. The van der Waals surface area contributed by atoms with E-state index in [2.05, 4.69) is 9.59 Å². The first-order valence-corrected chi connectivity index (χ1v) is 3.82. The van der Waals surface area contributed by atoms with Gasteiger partial charge in [0.1, 0.15) is 5.52 Å². The summed E-state index contributed by atoms with van der Waals surface area (Å²) in [6.07, 6.45) is 0. The molecule has 4 N–H and O–H groups in total. The van der Waals surface area contributed by atoms with E-state index in [1.807, 2.05) is 6.07 Å². The molecule has 0 aliphatic rings. The van der Waals surface area contributed by atoms with Gasteiger partial charge in [-0.3, -0.25) is 0 Å². The molecule has 56 valence electrons. The zero-order valence-electron chi connectivity index (χ0n) is 5.61. The van der Waals surface area contributed by atoms with Gasteiger partial charge >= 0.3 is 0 Å². The third kappa shape index (κ3) is 0.813. The summed E-state index contributed by atoms with van der Waals surface area (Å²) < 4.78 is 4.73. The summed E-state index contributed by atoms with van der Waals surface area (Å²) in [5.41, 5.74) is 13.0. The van der Waals surface area contributed by atoms with E-state index < -0.39 is 0 Å². The van der Waals surface area contributed by atoms with Crippen molar-refractivity contribution in [1.82, 2.24) is 9.59 Å². The number of anilines is 2. The molecule has 0 atom stereocenters. The van der Waals surface area contributed by atoms with E-state index in [1.165, 1.54) is 11.5 Å². The van der Waals surface area contributed by atoms with Gasteiger partial charge in [0.25, 0.3) is 0 Å². The van der Waals surface area contributed by atoms with Crippen molar-refractivity contribution in [3.8, 4) is 0 Å². The Morgan fingerprint density at radius 1 is 1.27 bits per heavy atom. The van der Waals surface area contributed by atoms with Gasteiger partial charge in [0, 0.05) is 0 Å². The molecule has 2 aromatic rings. The lowest BCUT2D eigenvalue weighted by molar-refractivity contribution is 1.20. The van der Waals surface area contributed by atoms with Crippen LogP contribution in [0.3, 0.4) is 0 Å². The SMILES string of the molecule is Nc1ccc2snnc2c1N. The highest BCUT2D eigenvalue weighted by atomic mass is 32.1. The number of nitrogen functional groups attached to an aromatic ring is 2. The maximum atomic E-state index is 5.64. The van der Waals surface area contributed by atoms with E-state index in [9.17, 15) is 0 Å². The zero-order chi connectivity index (χ0) is 7.84. The van der Waals surface area contributed by atoms with Crippen molar-refractivity contribution in [2.75, 3.05) is 11.5 Å². The minimum atomic E-state index is 0.524. The number of nitrogens with two attached hydrogens (primary N) is 2. The van der Waals surface area contributed by atoms with Gasteiger partial charge in [-0.05, 0) is 23.7 Å². The van der Waals surface area contributed by atoms with Crippen molar-refractivity contribution < 1.29 is 0 Å². The molecule has 0 aliphatic heterocycles. The number of hydrogen-bond donors (Lipinski definition) is 2. The predicted molar refractivity (Wildman–Crippen MR) is 46.2 cm³/mol. The Bertz CT molecular complexity index is 394. The average molecular weight is 166 g/mol. The molecule has 0 bridgehead atoms. The molecular weight excluding hydrogens is 160 g/mol. The number of fused-ring (bicyclic) bond motifs is 1. The van der Waals surface area contributed by atoms with Crippen LogP contribution in [0.25, 0.3) is 10.2 Å². The van der Waals surface area contributed by atoms with Crippen LogP contribution in [-0.2, 0) is 0 Å². The molecule has 5 heteroatoms. The Morgan fingerprint density at radius 3 is 2.91 bits per heavy atom. The summed E-state index contributed by atoms with van der Waals surface area (Å²) in [7, 11) is 0. The van der Waals surface area contributed by atoms with Crippen molar-refractivity contribution in [2.24, 2.45) is 0 Å². The van der Waals surface area contributed by atoms with E-state index >= 15 is 0 Å². The molecule has 0 saturated carbocycles. The van der Waals surface area contributed by atoms with E-state index in [-0.39, 0.29) is 0 Å². The largest absolute Gasteiger partial charge is 0.397 e. The van der Waals surface area contributed by atoms with Gasteiger partial charge in [-0.1, -0.05) is 4.49 Å². The Kier molecular flexibility index (Phi) is 1.19. The second-order valence-electron chi connectivity index (χ2n) is 2.19. The van der Waals surface area contributed by atoms with E-state index in [0.29, 0.717) is 16.9 Å². The summed E-state index contributed by atoms with van der Waals surface area (Å²) in [6.45, 7) is 0. The van der Waals surface area contributed by atoms with Gasteiger partial charge in [0.15, 0.2) is 0 Å². The fourth-order valence-electron chi connectivity index (χ4n) is 0.886. The molecule has 0 spiro atoms. The molecule has 0 radical (unpaired) electrons. The predicted octanol–water partition coefficient (Wildman–Crippen LogP) is 0.856. The number of nitrogens with zero attached hydrogens (tertiary/aromatic N) is 2. The van der Waals surface area contributed by atoms with Crippen molar-refractivity contribution in [3.63, 3.8) is 0 Å². The topological polar surface area (TPSA) is 77.8 Å². The molecule has 1 heterocycles. The summed E-state index contributed by atoms with van der Waals surface area (Å²) in [5, 5.41) is 3.84.